The summed E-state index contributed by atoms with van der Waals surface area (Å²) in [5.74, 6) is 0.876. The molecule has 0 saturated heterocycles. The number of rotatable bonds is 2. The molecule has 0 aliphatic rings. The minimum atomic E-state index is -0.497. The summed E-state index contributed by atoms with van der Waals surface area (Å²) in [6.45, 7) is 3.52. The van der Waals surface area contributed by atoms with E-state index in [1.807, 2.05) is 0 Å². The summed E-state index contributed by atoms with van der Waals surface area (Å²) in [5, 5.41) is 4.11. The molecular formula is C9H12ClFN6. The predicted molar refractivity (Wildman–Crippen MR) is 61.5 cm³/mol. The molecule has 1 atom stereocenters. The van der Waals surface area contributed by atoms with E-state index in [1.165, 1.54) is 4.68 Å². The quantitative estimate of drug-likeness (QED) is 0.867. The van der Waals surface area contributed by atoms with Gasteiger partial charge < -0.3 is 5.73 Å². The molecule has 0 radical (unpaired) electrons. The predicted octanol–water partition coefficient (Wildman–Crippen LogP) is 0.946. The Morgan fingerprint density at radius 2 is 1.94 bits per heavy atom. The van der Waals surface area contributed by atoms with Crippen molar-refractivity contribution in [3.8, 4) is 5.95 Å². The monoisotopic (exact) mass is 258 g/mol. The van der Waals surface area contributed by atoms with Crippen molar-refractivity contribution in [2.75, 3.05) is 0 Å². The molecule has 8 heteroatoms. The Labute approximate surface area is 104 Å². The number of aromatic nitrogens is 5. The lowest BCUT2D eigenvalue weighted by molar-refractivity contribution is 0.603. The van der Waals surface area contributed by atoms with E-state index < -0.39 is 5.82 Å². The minimum Gasteiger partial charge on any atom is -0.322 e. The van der Waals surface area contributed by atoms with E-state index in [2.05, 4.69) is 20.1 Å². The first kappa shape index (κ1) is 13.5. The van der Waals surface area contributed by atoms with Crippen molar-refractivity contribution < 1.29 is 4.39 Å². The number of halogens is 2. The molecule has 2 rings (SSSR count). The molecule has 2 N–H and O–H groups in total. The molecule has 2 heterocycles. The van der Waals surface area contributed by atoms with Crippen LogP contribution in [-0.2, 0) is 0 Å². The summed E-state index contributed by atoms with van der Waals surface area (Å²) in [7, 11) is 0. The molecule has 0 aliphatic carbocycles. The zero-order valence-electron chi connectivity index (χ0n) is 9.33. The van der Waals surface area contributed by atoms with Crippen LogP contribution in [0.5, 0.6) is 0 Å². The lowest BCUT2D eigenvalue weighted by Crippen LogP contribution is -2.15. The van der Waals surface area contributed by atoms with Crippen LogP contribution in [0.1, 0.15) is 24.6 Å². The molecule has 2 aromatic rings. The zero-order valence-corrected chi connectivity index (χ0v) is 10.1. The summed E-state index contributed by atoms with van der Waals surface area (Å²) in [4.78, 5) is 11.8. The van der Waals surface area contributed by atoms with Crippen molar-refractivity contribution in [3.05, 3.63) is 29.9 Å². The Balaban J connectivity index is 0.00000144. The van der Waals surface area contributed by atoms with Gasteiger partial charge in [-0.1, -0.05) is 0 Å². The van der Waals surface area contributed by atoms with Gasteiger partial charge in [-0.15, -0.1) is 17.5 Å². The van der Waals surface area contributed by atoms with Gasteiger partial charge in [-0.05, 0) is 13.8 Å². The molecule has 17 heavy (non-hydrogen) atoms. The second-order valence-electron chi connectivity index (χ2n) is 3.42. The van der Waals surface area contributed by atoms with Gasteiger partial charge in [0.25, 0.3) is 5.95 Å². The van der Waals surface area contributed by atoms with Crippen LogP contribution in [0.2, 0.25) is 0 Å². The van der Waals surface area contributed by atoms with Gasteiger partial charge in [-0.2, -0.15) is 4.68 Å². The second-order valence-corrected chi connectivity index (χ2v) is 3.42. The molecule has 0 unspecified atom stereocenters. The van der Waals surface area contributed by atoms with Crippen molar-refractivity contribution in [2.24, 2.45) is 5.73 Å². The van der Waals surface area contributed by atoms with Gasteiger partial charge >= 0.3 is 0 Å². The molecular weight excluding hydrogens is 247 g/mol. The van der Waals surface area contributed by atoms with Crippen LogP contribution < -0.4 is 5.73 Å². The van der Waals surface area contributed by atoms with Crippen molar-refractivity contribution in [3.63, 3.8) is 0 Å². The molecule has 0 aromatic carbocycles. The molecule has 0 fully saturated rings. The van der Waals surface area contributed by atoms with Crippen molar-refractivity contribution in [2.45, 2.75) is 19.9 Å². The second kappa shape index (κ2) is 5.15. The fourth-order valence-electron chi connectivity index (χ4n) is 1.29. The maximum atomic E-state index is 12.7. The Bertz CT molecular complexity index is 495. The highest BCUT2D eigenvalue weighted by atomic mass is 35.5. The van der Waals surface area contributed by atoms with Crippen molar-refractivity contribution >= 4 is 12.4 Å². The lowest BCUT2D eigenvalue weighted by Gasteiger charge is -2.05. The van der Waals surface area contributed by atoms with E-state index in [0.29, 0.717) is 11.6 Å². The lowest BCUT2D eigenvalue weighted by atomic mass is 10.3. The van der Waals surface area contributed by atoms with E-state index >= 15 is 0 Å². The summed E-state index contributed by atoms with van der Waals surface area (Å²) in [6, 6.07) is -0.296. The maximum Gasteiger partial charge on any atom is 0.252 e. The Morgan fingerprint density at radius 1 is 1.35 bits per heavy atom. The van der Waals surface area contributed by atoms with E-state index in [-0.39, 0.29) is 24.4 Å². The largest absolute Gasteiger partial charge is 0.322 e. The third kappa shape index (κ3) is 2.75. The summed E-state index contributed by atoms with van der Waals surface area (Å²) in [6.07, 6.45) is 2.15. The fourth-order valence-corrected chi connectivity index (χ4v) is 1.29. The van der Waals surface area contributed by atoms with Gasteiger partial charge in [0.2, 0.25) is 0 Å². The number of hydrogen-bond acceptors (Lipinski definition) is 5. The third-order valence-corrected chi connectivity index (χ3v) is 1.94. The normalized spacial score (nSPS) is 12.0. The summed E-state index contributed by atoms with van der Waals surface area (Å²) in [5.41, 5.74) is 5.74. The van der Waals surface area contributed by atoms with Gasteiger partial charge in [0, 0.05) is 0 Å². The average molecular weight is 259 g/mol. The Morgan fingerprint density at radius 3 is 2.47 bits per heavy atom. The highest BCUT2D eigenvalue weighted by Crippen LogP contribution is 2.10. The number of nitrogens with zero attached hydrogens (tertiary/aromatic N) is 5. The molecule has 0 saturated carbocycles. The van der Waals surface area contributed by atoms with Gasteiger partial charge in [-0.25, -0.2) is 19.3 Å². The SMILES string of the molecule is Cc1nc([C@H](C)N)n(-c2ncc(F)cn2)n1.Cl. The topological polar surface area (TPSA) is 82.5 Å². The van der Waals surface area contributed by atoms with Crippen LogP contribution in [0.4, 0.5) is 4.39 Å². The van der Waals surface area contributed by atoms with Crippen LogP contribution >= 0.6 is 12.4 Å². The van der Waals surface area contributed by atoms with Crippen LogP contribution in [-0.4, -0.2) is 24.7 Å². The van der Waals surface area contributed by atoms with Gasteiger partial charge in [0.1, 0.15) is 5.82 Å². The van der Waals surface area contributed by atoms with E-state index in [0.717, 1.165) is 12.4 Å². The van der Waals surface area contributed by atoms with Crippen LogP contribution in [0, 0.1) is 12.7 Å². The van der Waals surface area contributed by atoms with E-state index in [9.17, 15) is 4.39 Å². The van der Waals surface area contributed by atoms with Crippen LogP contribution in [0.15, 0.2) is 12.4 Å². The molecule has 0 aliphatic heterocycles. The standard InChI is InChI=1S/C9H11FN6.ClH/c1-5(11)8-14-6(2)15-16(8)9-12-3-7(10)4-13-9;/h3-5H,11H2,1-2H3;1H/t5-;/m0./s1. The van der Waals surface area contributed by atoms with Gasteiger partial charge in [-0.3, -0.25) is 0 Å². The first-order valence-electron chi connectivity index (χ1n) is 4.75. The molecule has 0 bridgehead atoms. The first-order valence-corrected chi connectivity index (χ1v) is 4.75. The molecule has 6 nitrogen and oxygen atoms in total. The maximum absolute atomic E-state index is 12.7. The highest BCUT2D eigenvalue weighted by Gasteiger charge is 2.14. The summed E-state index contributed by atoms with van der Waals surface area (Å²) < 4.78 is 14.1. The van der Waals surface area contributed by atoms with Crippen LogP contribution in [0.3, 0.4) is 0 Å². The van der Waals surface area contributed by atoms with Crippen LogP contribution in [0.25, 0.3) is 5.95 Å². The van der Waals surface area contributed by atoms with Gasteiger partial charge in [0.05, 0.1) is 18.4 Å². The van der Waals surface area contributed by atoms with Crippen molar-refractivity contribution in [1.82, 2.24) is 24.7 Å². The minimum absolute atomic E-state index is 0. The molecule has 0 spiro atoms. The third-order valence-electron chi connectivity index (χ3n) is 1.94. The summed E-state index contributed by atoms with van der Waals surface area (Å²) >= 11 is 0. The highest BCUT2D eigenvalue weighted by molar-refractivity contribution is 5.85. The Hall–Kier alpha value is -1.60. The number of hydrogen-bond donors (Lipinski definition) is 1. The molecule has 0 amide bonds. The zero-order chi connectivity index (χ0) is 11.7. The van der Waals surface area contributed by atoms with Crippen molar-refractivity contribution in [1.29, 1.82) is 0 Å². The molecule has 92 valence electrons. The number of nitrogens with two attached hydrogens (primary N) is 1. The fraction of sp³-hybridized carbons (Fsp3) is 0.333. The van der Waals surface area contributed by atoms with E-state index in [1.54, 1.807) is 13.8 Å². The van der Waals surface area contributed by atoms with E-state index in [4.69, 9.17) is 5.73 Å². The van der Waals surface area contributed by atoms with Gasteiger partial charge in [0.15, 0.2) is 11.6 Å². The first-order chi connectivity index (χ1) is 7.58. The molecule has 2 aromatic heterocycles. The Kier molecular flexibility index (Phi) is 4.08. The average Bonchev–Trinajstić information content (AvgIpc) is 2.61. The smallest absolute Gasteiger partial charge is 0.252 e. The number of aryl methyl sites for hydroxylation is 1.